The van der Waals surface area contributed by atoms with E-state index in [9.17, 15) is 15.0 Å². The summed E-state index contributed by atoms with van der Waals surface area (Å²) < 4.78 is 1.91. The van der Waals surface area contributed by atoms with E-state index < -0.39 is 5.97 Å². The number of phenolic OH excluding ortho intramolecular Hbond substituents is 1. The number of aromatic hydroxyl groups is 1. The smallest absolute Gasteiger partial charge is 0.254 e. The van der Waals surface area contributed by atoms with E-state index in [0.29, 0.717) is 5.75 Å². The standard InChI is InChI=1S/C10H9NO.C7H6O2/c1-11-7-3-5-8-4-2-6-9(12)10(8)11;8-7(9)6-4-2-1-3-5-6/h2-7H,1H3;1-5H,(H,8,9). The topological polar surface area (TPSA) is 64.2 Å². The lowest BCUT2D eigenvalue weighted by molar-refractivity contribution is -0.645. The molecule has 0 unspecified atom stereocenters. The zero-order valence-electron chi connectivity index (χ0n) is 11.6. The number of phenols is 1. The number of carbonyl (C=O) groups is 1. The van der Waals surface area contributed by atoms with E-state index in [0.717, 1.165) is 10.9 Å². The molecular weight excluding hydrogens is 266 g/mol. The molecule has 106 valence electrons. The molecule has 0 aliphatic heterocycles. The van der Waals surface area contributed by atoms with Gasteiger partial charge in [0, 0.05) is 6.07 Å². The molecular formula is C17H15NO3. The van der Waals surface area contributed by atoms with Crippen LogP contribution in [0, 0.1) is 0 Å². The Morgan fingerprint density at radius 1 is 1.00 bits per heavy atom. The van der Waals surface area contributed by atoms with Gasteiger partial charge in [0.15, 0.2) is 11.9 Å². The first kappa shape index (κ1) is 14.5. The van der Waals surface area contributed by atoms with Gasteiger partial charge in [-0.15, -0.1) is 0 Å². The number of rotatable bonds is 1. The lowest BCUT2D eigenvalue weighted by Crippen LogP contribution is -2.27. The van der Waals surface area contributed by atoms with E-state index in [-0.39, 0.29) is 5.56 Å². The van der Waals surface area contributed by atoms with Gasteiger partial charge in [-0.05, 0) is 23.8 Å². The Bertz CT molecular complexity index is 718. The van der Waals surface area contributed by atoms with Gasteiger partial charge in [0.05, 0.1) is 11.4 Å². The summed E-state index contributed by atoms with van der Waals surface area (Å²) in [5.74, 6) is -0.800. The Balaban J connectivity index is 0.000000161. The number of hydrogen-bond donors (Lipinski definition) is 1. The van der Waals surface area contributed by atoms with Gasteiger partial charge in [0.1, 0.15) is 7.05 Å². The van der Waals surface area contributed by atoms with Gasteiger partial charge >= 0.3 is 0 Å². The lowest BCUT2D eigenvalue weighted by atomic mass is 10.2. The fraction of sp³-hybridized carbons (Fsp3) is 0.0588. The number of para-hydroxylation sites is 1. The van der Waals surface area contributed by atoms with Crippen molar-refractivity contribution in [1.82, 2.24) is 0 Å². The molecule has 0 aliphatic carbocycles. The Morgan fingerprint density at radius 2 is 1.67 bits per heavy atom. The van der Waals surface area contributed by atoms with Crippen LogP contribution in [0.4, 0.5) is 0 Å². The minimum absolute atomic E-state index is 0.220. The number of nitrogens with zero attached hydrogens (tertiary/aromatic N) is 1. The highest BCUT2D eigenvalue weighted by molar-refractivity contribution is 5.85. The van der Waals surface area contributed by atoms with Gasteiger partial charge in [0.25, 0.3) is 5.52 Å². The average molecular weight is 281 g/mol. The Labute approximate surface area is 122 Å². The van der Waals surface area contributed by atoms with Gasteiger partial charge in [0.2, 0.25) is 0 Å². The molecule has 3 aromatic rings. The van der Waals surface area contributed by atoms with Crippen LogP contribution < -0.4 is 9.67 Å². The number of aryl methyl sites for hydroxylation is 1. The SMILES string of the molecule is C[n+]1cccc2cccc(O)c21.O=C([O-])c1ccccc1. The second-order valence-electron chi connectivity index (χ2n) is 4.49. The largest absolute Gasteiger partial charge is 0.545 e. The van der Waals surface area contributed by atoms with Crippen molar-refractivity contribution in [2.75, 3.05) is 0 Å². The number of carboxylic acids is 1. The van der Waals surface area contributed by atoms with Gasteiger partial charge in [-0.25, -0.2) is 0 Å². The third-order valence-electron chi connectivity index (χ3n) is 2.99. The minimum Gasteiger partial charge on any atom is -0.545 e. The van der Waals surface area contributed by atoms with Crippen molar-refractivity contribution in [2.24, 2.45) is 7.05 Å². The molecule has 1 heterocycles. The number of aromatic nitrogens is 1. The molecule has 4 heteroatoms. The van der Waals surface area contributed by atoms with Gasteiger partial charge in [-0.2, -0.15) is 4.57 Å². The third-order valence-corrected chi connectivity index (χ3v) is 2.99. The summed E-state index contributed by atoms with van der Waals surface area (Å²) in [5, 5.41) is 20.7. The van der Waals surface area contributed by atoms with E-state index in [2.05, 4.69) is 0 Å². The van der Waals surface area contributed by atoms with Crippen LogP contribution in [0.15, 0.2) is 66.9 Å². The lowest BCUT2D eigenvalue weighted by Gasteiger charge is -1.97. The molecule has 0 saturated carbocycles. The molecule has 0 radical (unpaired) electrons. The molecule has 4 nitrogen and oxygen atoms in total. The highest BCUT2D eigenvalue weighted by Crippen LogP contribution is 2.19. The van der Waals surface area contributed by atoms with E-state index in [1.54, 1.807) is 24.3 Å². The quantitative estimate of drug-likeness (QED) is 0.686. The molecule has 0 atom stereocenters. The second kappa shape index (κ2) is 6.52. The Kier molecular flexibility index (Phi) is 4.51. The van der Waals surface area contributed by atoms with Crippen molar-refractivity contribution in [3.05, 3.63) is 72.4 Å². The predicted molar refractivity (Wildman–Crippen MR) is 77.6 cm³/mol. The van der Waals surface area contributed by atoms with Crippen molar-refractivity contribution in [3.8, 4) is 5.75 Å². The Morgan fingerprint density at radius 3 is 2.24 bits per heavy atom. The highest BCUT2D eigenvalue weighted by atomic mass is 16.4. The predicted octanol–water partition coefficient (Wildman–Crippen LogP) is 1.42. The molecule has 0 amide bonds. The van der Waals surface area contributed by atoms with Crippen LogP contribution in [0.2, 0.25) is 0 Å². The first-order chi connectivity index (χ1) is 10.1. The average Bonchev–Trinajstić information content (AvgIpc) is 2.49. The van der Waals surface area contributed by atoms with E-state index >= 15 is 0 Å². The van der Waals surface area contributed by atoms with Crippen LogP contribution in [-0.2, 0) is 7.05 Å². The molecule has 0 bridgehead atoms. The number of carbonyl (C=O) groups excluding carboxylic acids is 1. The van der Waals surface area contributed by atoms with E-state index in [1.165, 1.54) is 12.1 Å². The fourth-order valence-corrected chi connectivity index (χ4v) is 1.99. The highest BCUT2D eigenvalue weighted by Gasteiger charge is 2.07. The number of carboxylic acid groups (broad SMARTS) is 1. The van der Waals surface area contributed by atoms with Gasteiger partial charge < -0.3 is 15.0 Å². The van der Waals surface area contributed by atoms with E-state index in [4.69, 9.17) is 0 Å². The summed E-state index contributed by atoms with van der Waals surface area (Å²) in [4.78, 5) is 10.1. The molecule has 0 spiro atoms. The third kappa shape index (κ3) is 3.57. The van der Waals surface area contributed by atoms with Crippen LogP contribution in [-0.4, -0.2) is 11.1 Å². The summed E-state index contributed by atoms with van der Waals surface area (Å²) in [5.41, 5.74) is 1.09. The second-order valence-corrected chi connectivity index (χ2v) is 4.49. The number of hydrogen-bond acceptors (Lipinski definition) is 3. The summed E-state index contributed by atoms with van der Waals surface area (Å²) >= 11 is 0. The van der Waals surface area contributed by atoms with Crippen LogP contribution in [0.25, 0.3) is 10.9 Å². The molecule has 21 heavy (non-hydrogen) atoms. The first-order valence-electron chi connectivity index (χ1n) is 6.42. The minimum atomic E-state index is -1.13. The number of benzene rings is 2. The number of aromatic carboxylic acids is 1. The van der Waals surface area contributed by atoms with Crippen molar-refractivity contribution in [3.63, 3.8) is 0 Å². The fourth-order valence-electron chi connectivity index (χ4n) is 1.99. The van der Waals surface area contributed by atoms with Gasteiger partial charge in [-0.3, -0.25) is 0 Å². The van der Waals surface area contributed by atoms with Crippen molar-refractivity contribution in [1.29, 1.82) is 0 Å². The maximum Gasteiger partial charge on any atom is 0.254 e. The van der Waals surface area contributed by atoms with E-state index in [1.807, 2.05) is 42.1 Å². The number of fused-ring (bicyclic) bond motifs is 1. The zero-order valence-corrected chi connectivity index (χ0v) is 11.6. The molecule has 1 aromatic heterocycles. The molecule has 0 fully saturated rings. The Hall–Kier alpha value is -2.88. The maximum absolute atomic E-state index is 10.1. The van der Waals surface area contributed by atoms with Crippen LogP contribution in [0.3, 0.4) is 0 Å². The monoisotopic (exact) mass is 281 g/mol. The van der Waals surface area contributed by atoms with Crippen molar-refractivity contribution in [2.45, 2.75) is 0 Å². The molecule has 0 saturated heterocycles. The molecule has 1 N–H and O–H groups in total. The van der Waals surface area contributed by atoms with Crippen molar-refractivity contribution < 1.29 is 19.6 Å². The zero-order chi connectivity index (χ0) is 15.2. The normalized spacial score (nSPS) is 9.76. The first-order valence-corrected chi connectivity index (χ1v) is 6.42. The van der Waals surface area contributed by atoms with Crippen LogP contribution >= 0.6 is 0 Å². The van der Waals surface area contributed by atoms with Crippen LogP contribution in [0.5, 0.6) is 5.75 Å². The van der Waals surface area contributed by atoms with Crippen LogP contribution in [0.1, 0.15) is 10.4 Å². The number of pyridine rings is 1. The van der Waals surface area contributed by atoms with Crippen molar-refractivity contribution >= 4 is 16.9 Å². The summed E-state index contributed by atoms with van der Waals surface area (Å²) in [6.07, 6.45) is 1.92. The summed E-state index contributed by atoms with van der Waals surface area (Å²) in [7, 11) is 1.92. The molecule has 0 aliphatic rings. The maximum atomic E-state index is 10.1. The molecule has 2 aromatic carbocycles. The summed E-state index contributed by atoms with van der Waals surface area (Å²) in [6.45, 7) is 0. The molecule has 3 rings (SSSR count). The van der Waals surface area contributed by atoms with Gasteiger partial charge in [-0.1, -0.05) is 36.4 Å². The summed E-state index contributed by atoms with van der Waals surface area (Å²) in [6, 6.07) is 17.5.